The Bertz CT molecular complexity index is 835. The van der Waals surface area contributed by atoms with E-state index in [1.807, 2.05) is 40.4 Å². The van der Waals surface area contributed by atoms with Crippen molar-refractivity contribution in [3.63, 3.8) is 0 Å². The van der Waals surface area contributed by atoms with Crippen molar-refractivity contribution in [2.75, 3.05) is 12.8 Å². The molecule has 0 aliphatic carbocycles. The minimum absolute atomic E-state index is 0.00991. The Balaban J connectivity index is 1.95. The SMILES string of the molecule is COc1ccc(C(=O)Cn2c(N)[n+](C)c3ccccc32)cc1. The molecule has 1 aromatic heterocycles. The van der Waals surface area contributed by atoms with Crippen molar-refractivity contribution in [3.8, 4) is 5.75 Å². The minimum atomic E-state index is 0.00991. The zero-order valence-electron chi connectivity index (χ0n) is 12.6. The number of hydrogen-bond acceptors (Lipinski definition) is 3. The maximum atomic E-state index is 12.5. The first-order chi connectivity index (χ1) is 10.6. The highest BCUT2D eigenvalue weighted by Crippen LogP contribution is 2.17. The van der Waals surface area contributed by atoms with E-state index >= 15 is 0 Å². The molecule has 0 spiro atoms. The van der Waals surface area contributed by atoms with Crippen LogP contribution < -0.4 is 15.0 Å². The van der Waals surface area contributed by atoms with Gasteiger partial charge in [0.15, 0.2) is 5.78 Å². The van der Waals surface area contributed by atoms with Crippen LogP contribution in [0.2, 0.25) is 0 Å². The molecule has 0 atom stereocenters. The second-order valence-electron chi connectivity index (χ2n) is 5.14. The minimum Gasteiger partial charge on any atom is -0.497 e. The van der Waals surface area contributed by atoms with Gasteiger partial charge in [-0.2, -0.15) is 0 Å². The number of methoxy groups -OCH3 is 1. The average Bonchev–Trinajstić information content (AvgIpc) is 2.80. The highest BCUT2D eigenvalue weighted by atomic mass is 16.5. The van der Waals surface area contributed by atoms with Gasteiger partial charge in [0.1, 0.15) is 23.3 Å². The Morgan fingerprint density at radius 2 is 1.86 bits per heavy atom. The van der Waals surface area contributed by atoms with Crippen LogP contribution in [0, 0.1) is 0 Å². The van der Waals surface area contributed by atoms with Crippen molar-refractivity contribution in [2.24, 2.45) is 7.05 Å². The third-order valence-corrected chi connectivity index (χ3v) is 3.87. The number of ketones is 1. The topological polar surface area (TPSA) is 61.1 Å². The zero-order chi connectivity index (χ0) is 15.7. The van der Waals surface area contributed by atoms with Gasteiger partial charge in [0.05, 0.1) is 14.2 Å². The lowest BCUT2D eigenvalue weighted by Crippen LogP contribution is -2.31. The first-order valence-corrected chi connectivity index (χ1v) is 7.02. The van der Waals surface area contributed by atoms with E-state index in [4.69, 9.17) is 10.5 Å². The predicted molar refractivity (Wildman–Crippen MR) is 84.9 cm³/mol. The van der Waals surface area contributed by atoms with Crippen LogP contribution in [-0.2, 0) is 13.6 Å². The Hall–Kier alpha value is -2.82. The number of nitrogen functional groups attached to an aromatic ring is 1. The van der Waals surface area contributed by atoms with Crippen LogP contribution in [0.3, 0.4) is 0 Å². The molecule has 1 heterocycles. The summed E-state index contributed by atoms with van der Waals surface area (Å²) < 4.78 is 8.83. The van der Waals surface area contributed by atoms with Crippen molar-refractivity contribution in [1.29, 1.82) is 0 Å². The number of nitrogens with two attached hydrogens (primary N) is 1. The van der Waals surface area contributed by atoms with Crippen LogP contribution in [0.1, 0.15) is 10.4 Å². The Morgan fingerprint density at radius 1 is 1.18 bits per heavy atom. The maximum absolute atomic E-state index is 12.5. The fourth-order valence-corrected chi connectivity index (χ4v) is 2.58. The monoisotopic (exact) mass is 296 g/mol. The van der Waals surface area contributed by atoms with Gasteiger partial charge < -0.3 is 4.74 Å². The Labute approximate surface area is 128 Å². The fraction of sp³-hybridized carbons (Fsp3) is 0.176. The molecule has 3 rings (SSSR count). The van der Waals surface area contributed by atoms with Crippen molar-refractivity contribution >= 4 is 22.8 Å². The third-order valence-electron chi connectivity index (χ3n) is 3.87. The van der Waals surface area contributed by atoms with Gasteiger partial charge in [0.2, 0.25) is 0 Å². The normalized spacial score (nSPS) is 10.8. The van der Waals surface area contributed by atoms with Gasteiger partial charge in [-0.05, 0) is 36.4 Å². The number of benzene rings is 2. The number of carbonyl (C=O) groups excluding carboxylic acids is 1. The van der Waals surface area contributed by atoms with E-state index in [9.17, 15) is 4.79 Å². The van der Waals surface area contributed by atoms with Gasteiger partial charge in [-0.3, -0.25) is 10.5 Å². The van der Waals surface area contributed by atoms with Gasteiger partial charge in [0, 0.05) is 5.56 Å². The highest BCUT2D eigenvalue weighted by molar-refractivity contribution is 5.96. The number of ether oxygens (including phenoxy) is 1. The number of Topliss-reactive ketones (excluding diaryl/α,β-unsaturated/α-hetero) is 1. The molecule has 2 aromatic carbocycles. The molecule has 2 N–H and O–H groups in total. The molecule has 22 heavy (non-hydrogen) atoms. The Kier molecular flexibility index (Phi) is 3.55. The number of anilines is 1. The van der Waals surface area contributed by atoms with Crippen molar-refractivity contribution in [2.45, 2.75) is 6.54 Å². The largest absolute Gasteiger partial charge is 0.497 e. The first-order valence-electron chi connectivity index (χ1n) is 7.02. The summed E-state index contributed by atoms with van der Waals surface area (Å²) in [5.41, 5.74) is 8.73. The molecule has 112 valence electrons. The maximum Gasteiger partial charge on any atom is 0.356 e. The van der Waals surface area contributed by atoms with Gasteiger partial charge in [-0.25, -0.2) is 9.13 Å². The molecular weight excluding hydrogens is 278 g/mol. The molecule has 0 radical (unpaired) electrons. The second kappa shape index (κ2) is 5.52. The summed E-state index contributed by atoms with van der Waals surface area (Å²) in [5.74, 6) is 1.30. The molecular formula is C17H18N3O2+. The number of fused-ring (bicyclic) bond motifs is 1. The summed E-state index contributed by atoms with van der Waals surface area (Å²) in [6, 6.07) is 14.9. The molecule has 3 aromatic rings. The van der Waals surface area contributed by atoms with Gasteiger partial charge in [-0.1, -0.05) is 12.1 Å². The molecule has 0 aliphatic heterocycles. The number of imidazole rings is 1. The van der Waals surface area contributed by atoms with Crippen molar-refractivity contribution in [3.05, 3.63) is 54.1 Å². The molecule has 5 nitrogen and oxygen atoms in total. The molecule has 0 fully saturated rings. The van der Waals surface area contributed by atoms with E-state index in [0.717, 1.165) is 16.8 Å². The van der Waals surface area contributed by atoms with Crippen molar-refractivity contribution < 1.29 is 14.1 Å². The van der Waals surface area contributed by atoms with Crippen LogP contribution in [0.5, 0.6) is 5.75 Å². The summed E-state index contributed by atoms with van der Waals surface area (Å²) in [6.07, 6.45) is 0. The standard InChI is InChI=1S/C17H17N3O2/c1-19-14-5-3-4-6-15(14)20(17(19)18)11-16(21)12-7-9-13(22-2)10-8-12/h3-10,18H,11H2,1-2H3/p+1. The number of nitrogens with zero attached hydrogens (tertiary/aromatic N) is 2. The summed E-state index contributed by atoms with van der Waals surface area (Å²) in [6.45, 7) is 0.208. The number of aromatic nitrogens is 2. The van der Waals surface area contributed by atoms with Crippen LogP contribution in [0.25, 0.3) is 11.0 Å². The lowest BCUT2D eigenvalue weighted by atomic mass is 10.1. The van der Waals surface area contributed by atoms with Gasteiger partial charge in [-0.15, -0.1) is 0 Å². The van der Waals surface area contributed by atoms with E-state index in [2.05, 4.69) is 0 Å². The Morgan fingerprint density at radius 3 is 2.55 bits per heavy atom. The summed E-state index contributed by atoms with van der Waals surface area (Å²) in [7, 11) is 3.50. The molecule has 5 heteroatoms. The smallest absolute Gasteiger partial charge is 0.356 e. The van der Waals surface area contributed by atoms with E-state index < -0.39 is 0 Å². The number of carbonyl (C=O) groups is 1. The predicted octanol–water partition coefficient (Wildman–Crippen LogP) is 1.94. The first kappa shape index (κ1) is 14.1. The molecule has 0 unspecified atom stereocenters. The zero-order valence-corrected chi connectivity index (χ0v) is 12.6. The van der Waals surface area contributed by atoms with Crippen LogP contribution in [-0.4, -0.2) is 17.5 Å². The highest BCUT2D eigenvalue weighted by Gasteiger charge is 2.20. The number of hydrogen-bond donors (Lipinski definition) is 1. The van der Waals surface area contributed by atoms with Gasteiger partial charge in [0.25, 0.3) is 0 Å². The van der Waals surface area contributed by atoms with Gasteiger partial charge >= 0.3 is 5.95 Å². The molecule has 0 amide bonds. The second-order valence-corrected chi connectivity index (χ2v) is 5.14. The van der Waals surface area contributed by atoms with E-state index in [-0.39, 0.29) is 12.3 Å². The molecule has 0 aliphatic rings. The number of rotatable bonds is 4. The molecule has 0 saturated carbocycles. The average molecular weight is 296 g/mol. The summed E-state index contributed by atoms with van der Waals surface area (Å²) >= 11 is 0. The molecule has 0 bridgehead atoms. The fourth-order valence-electron chi connectivity index (χ4n) is 2.58. The summed E-state index contributed by atoms with van der Waals surface area (Å²) in [4.78, 5) is 12.5. The van der Waals surface area contributed by atoms with Crippen LogP contribution >= 0.6 is 0 Å². The van der Waals surface area contributed by atoms with E-state index in [0.29, 0.717) is 11.5 Å². The van der Waals surface area contributed by atoms with Crippen LogP contribution in [0.15, 0.2) is 48.5 Å². The lowest BCUT2D eigenvalue weighted by Gasteiger charge is -2.03. The number of aryl methyl sites for hydroxylation is 1. The summed E-state index contributed by atoms with van der Waals surface area (Å²) in [5, 5.41) is 0. The molecule has 0 saturated heterocycles. The quantitative estimate of drug-likeness (QED) is 0.591. The third kappa shape index (κ3) is 2.30. The lowest BCUT2D eigenvalue weighted by molar-refractivity contribution is -0.630. The van der Waals surface area contributed by atoms with E-state index in [1.54, 1.807) is 31.4 Å². The van der Waals surface area contributed by atoms with E-state index in [1.165, 1.54) is 0 Å². The van der Waals surface area contributed by atoms with Crippen molar-refractivity contribution in [1.82, 2.24) is 4.57 Å². The number of para-hydroxylation sites is 2. The van der Waals surface area contributed by atoms with Crippen LogP contribution in [0.4, 0.5) is 5.95 Å².